The first kappa shape index (κ1) is 20.0. The van der Waals surface area contributed by atoms with Crippen molar-refractivity contribution in [3.63, 3.8) is 0 Å². The summed E-state index contributed by atoms with van der Waals surface area (Å²) >= 11 is 1.49. The van der Waals surface area contributed by atoms with Crippen LogP contribution in [0.25, 0.3) is 0 Å². The minimum absolute atomic E-state index is 0.0673. The minimum Gasteiger partial charge on any atom is -0.489 e. The van der Waals surface area contributed by atoms with Gasteiger partial charge in [-0.25, -0.2) is 0 Å². The number of H-pyrrole nitrogens is 1. The number of carbonyl (C=O) groups excluding carboxylic acids is 1. The van der Waals surface area contributed by atoms with E-state index in [1.807, 2.05) is 59.3 Å². The zero-order valence-electron chi connectivity index (χ0n) is 17.2. The van der Waals surface area contributed by atoms with Crippen LogP contribution in [-0.2, 0) is 11.4 Å². The highest BCUT2D eigenvalue weighted by molar-refractivity contribution is 8.00. The quantitative estimate of drug-likeness (QED) is 0.612. The SMILES string of the molecule is O=C1CS[C@H](c2ccc(OCc3ccccc3)cc2)c2c(n(C3CCCC3)[nH]c2=O)N1. The summed E-state index contributed by atoms with van der Waals surface area (Å²) in [5.74, 6) is 1.66. The van der Waals surface area contributed by atoms with Crippen LogP contribution in [0.5, 0.6) is 5.75 Å². The van der Waals surface area contributed by atoms with Crippen molar-refractivity contribution in [2.24, 2.45) is 0 Å². The molecule has 2 aromatic carbocycles. The van der Waals surface area contributed by atoms with E-state index in [1.54, 1.807) is 0 Å². The molecule has 3 aromatic rings. The van der Waals surface area contributed by atoms with E-state index < -0.39 is 0 Å². The number of ether oxygens (including phenoxy) is 1. The van der Waals surface area contributed by atoms with Crippen LogP contribution in [-0.4, -0.2) is 21.4 Å². The van der Waals surface area contributed by atoms with Crippen LogP contribution in [0.2, 0.25) is 0 Å². The van der Waals surface area contributed by atoms with E-state index in [4.69, 9.17) is 4.74 Å². The maximum absolute atomic E-state index is 12.9. The van der Waals surface area contributed by atoms with Crippen molar-refractivity contribution in [3.05, 3.63) is 81.6 Å². The highest BCUT2D eigenvalue weighted by Crippen LogP contribution is 2.42. The molecule has 0 bridgehead atoms. The number of anilines is 1. The molecular formula is C24H25N3O3S. The van der Waals surface area contributed by atoms with Crippen molar-refractivity contribution in [1.82, 2.24) is 9.78 Å². The maximum atomic E-state index is 12.9. The van der Waals surface area contributed by atoms with E-state index in [2.05, 4.69) is 10.4 Å². The molecule has 0 radical (unpaired) electrons. The first-order chi connectivity index (χ1) is 15.2. The lowest BCUT2D eigenvalue weighted by molar-refractivity contribution is -0.113. The number of hydrogen-bond acceptors (Lipinski definition) is 4. The predicted octanol–water partition coefficient (Wildman–Crippen LogP) is 4.65. The number of aromatic nitrogens is 2. The average molecular weight is 436 g/mol. The van der Waals surface area contributed by atoms with Crippen LogP contribution >= 0.6 is 11.8 Å². The van der Waals surface area contributed by atoms with Crippen molar-refractivity contribution in [3.8, 4) is 5.75 Å². The normalized spacial score (nSPS) is 19.0. The van der Waals surface area contributed by atoms with E-state index in [0.717, 1.165) is 42.6 Å². The molecule has 2 aliphatic rings. The number of thioether (sulfide) groups is 1. The fourth-order valence-corrected chi connectivity index (χ4v) is 5.55. The third-order valence-electron chi connectivity index (χ3n) is 5.98. The molecule has 5 rings (SSSR count). The Morgan fingerprint density at radius 2 is 1.74 bits per heavy atom. The first-order valence-electron chi connectivity index (χ1n) is 10.7. The number of nitrogens with zero attached hydrogens (tertiary/aromatic N) is 1. The van der Waals surface area contributed by atoms with Gasteiger partial charge in [-0.05, 0) is 36.1 Å². The molecule has 0 unspecified atom stereocenters. The van der Waals surface area contributed by atoms with Crippen molar-refractivity contribution < 1.29 is 9.53 Å². The smallest absolute Gasteiger partial charge is 0.270 e. The third-order valence-corrected chi connectivity index (χ3v) is 7.25. The average Bonchev–Trinajstić information content (AvgIpc) is 3.39. The van der Waals surface area contributed by atoms with E-state index in [-0.39, 0.29) is 22.8 Å². The summed E-state index contributed by atoms with van der Waals surface area (Å²) in [6.07, 6.45) is 4.35. The van der Waals surface area contributed by atoms with Crippen LogP contribution in [0.15, 0.2) is 59.4 Å². The first-order valence-corrected chi connectivity index (χ1v) is 11.8. The van der Waals surface area contributed by atoms with Gasteiger partial charge < -0.3 is 10.1 Å². The van der Waals surface area contributed by atoms with Crippen LogP contribution in [0.4, 0.5) is 5.82 Å². The minimum atomic E-state index is -0.205. The number of hydrogen-bond donors (Lipinski definition) is 2. The molecule has 2 heterocycles. The van der Waals surface area contributed by atoms with Gasteiger partial charge in [-0.1, -0.05) is 55.3 Å². The molecule has 1 aliphatic heterocycles. The van der Waals surface area contributed by atoms with Gasteiger partial charge in [0.15, 0.2) is 0 Å². The van der Waals surface area contributed by atoms with Gasteiger partial charge >= 0.3 is 0 Å². The summed E-state index contributed by atoms with van der Waals surface area (Å²) in [4.78, 5) is 25.3. The third kappa shape index (κ3) is 4.14. The standard InChI is InChI=1S/C24H25N3O3S/c28-20-15-31-22(21-23(25-20)27(26-24(21)29)18-8-4-5-9-18)17-10-12-19(13-11-17)30-14-16-6-2-1-3-7-16/h1-3,6-7,10-13,18,22H,4-5,8-9,14-15H2,(H,25,28)(H,26,29)/t22-/m1/s1. The zero-order valence-corrected chi connectivity index (χ0v) is 18.0. The number of rotatable bonds is 5. The van der Waals surface area contributed by atoms with Gasteiger partial charge in [-0.3, -0.25) is 19.4 Å². The summed E-state index contributed by atoms with van der Waals surface area (Å²) in [7, 11) is 0. The summed E-state index contributed by atoms with van der Waals surface area (Å²) in [6.45, 7) is 0.505. The Balaban J connectivity index is 1.41. The zero-order chi connectivity index (χ0) is 21.2. The van der Waals surface area contributed by atoms with Crippen LogP contribution in [0.3, 0.4) is 0 Å². The Morgan fingerprint density at radius 3 is 2.48 bits per heavy atom. The Hall–Kier alpha value is -2.93. The van der Waals surface area contributed by atoms with Crippen molar-refractivity contribution >= 4 is 23.5 Å². The predicted molar refractivity (Wildman–Crippen MR) is 123 cm³/mol. The molecule has 2 N–H and O–H groups in total. The number of nitrogens with one attached hydrogen (secondary N) is 2. The molecular weight excluding hydrogens is 410 g/mol. The van der Waals surface area contributed by atoms with Crippen molar-refractivity contribution in [1.29, 1.82) is 0 Å². The lowest BCUT2D eigenvalue weighted by Gasteiger charge is -2.17. The number of benzene rings is 2. The molecule has 1 atom stereocenters. The molecule has 160 valence electrons. The monoisotopic (exact) mass is 435 g/mol. The summed E-state index contributed by atoms with van der Waals surface area (Å²) in [5, 5.41) is 5.78. The Morgan fingerprint density at radius 1 is 1.00 bits per heavy atom. The summed E-state index contributed by atoms with van der Waals surface area (Å²) in [6, 6.07) is 18.1. The molecule has 0 spiro atoms. The Kier molecular flexibility index (Phi) is 5.59. The Bertz CT molecular complexity index is 1120. The van der Waals surface area contributed by atoms with Gasteiger partial charge in [0.25, 0.3) is 5.56 Å². The summed E-state index contributed by atoms with van der Waals surface area (Å²) < 4.78 is 7.80. The largest absolute Gasteiger partial charge is 0.489 e. The van der Waals surface area contributed by atoms with Gasteiger partial charge in [-0.2, -0.15) is 0 Å². The molecule has 1 saturated carbocycles. The highest BCUT2D eigenvalue weighted by Gasteiger charge is 2.32. The molecule has 1 aromatic heterocycles. The number of carbonyl (C=O) groups is 1. The lowest BCUT2D eigenvalue weighted by Crippen LogP contribution is -2.18. The fraction of sp³-hybridized carbons (Fsp3) is 0.333. The number of fused-ring (bicyclic) bond motifs is 1. The second-order valence-corrected chi connectivity index (χ2v) is 9.19. The van der Waals surface area contributed by atoms with E-state index in [0.29, 0.717) is 23.7 Å². The number of aromatic amines is 1. The van der Waals surface area contributed by atoms with E-state index >= 15 is 0 Å². The fourth-order valence-electron chi connectivity index (χ4n) is 4.42. The van der Waals surface area contributed by atoms with Gasteiger partial charge in [-0.15, -0.1) is 11.8 Å². The number of amides is 1. The van der Waals surface area contributed by atoms with Crippen molar-refractivity contribution in [2.75, 3.05) is 11.1 Å². The molecule has 7 heteroatoms. The van der Waals surface area contributed by atoms with Crippen LogP contribution in [0.1, 0.15) is 53.7 Å². The van der Waals surface area contributed by atoms with Crippen LogP contribution < -0.4 is 15.6 Å². The van der Waals surface area contributed by atoms with Gasteiger partial charge in [0, 0.05) is 0 Å². The van der Waals surface area contributed by atoms with E-state index in [1.165, 1.54) is 11.8 Å². The topological polar surface area (TPSA) is 76.1 Å². The Labute approximate surface area is 185 Å². The van der Waals surface area contributed by atoms with Gasteiger partial charge in [0.1, 0.15) is 18.2 Å². The molecule has 0 saturated heterocycles. The highest BCUT2D eigenvalue weighted by atomic mass is 32.2. The second kappa shape index (κ2) is 8.67. The lowest BCUT2D eigenvalue weighted by atomic mass is 10.1. The van der Waals surface area contributed by atoms with Gasteiger partial charge in [0.2, 0.25) is 5.91 Å². The van der Waals surface area contributed by atoms with E-state index in [9.17, 15) is 9.59 Å². The van der Waals surface area contributed by atoms with Crippen LogP contribution in [0, 0.1) is 0 Å². The van der Waals surface area contributed by atoms with Crippen molar-refractivity contribution in [2.45, 2.75) is 43.6 Å². The maximum Gasteiger partial charge on any atom is 0.270 e. The molecule has 1 aliphatic carbocycles. The molecule has 1 fully saturated rings. The molecule has 31 heavy (non-hydrogen) atoms. The molecule has 6 nitrogen and oxygen atoms in total. The van der Waals surface area contributed by atoms with Gasteiger partial charge in [0.05, 0.1) is 22.6 Å². The second-order valence-electron chi connectivity index (χ2n) is 8.09. The molecule has 1 amide bonds. The summed E-state index contributed by atoms with van der Waals surface area (Å²) in [5.41, 5.74) is 2.62.